The van der Waals surface area contributed by atoms with Crippen LogP contribution in [0, 0.1) is 11.8 Å². The summed E-state index contributed by atoms with van der Waals surface area (Å²) in [5.74, 6) is -1.59. The molecule has 0 aromatic rings. The van der Waals surface area contributed by atoms with Gasteiger partial charge in [0.05, 0.1) is 20.1 Å². The third kappa shape index (κ3) is 5.36. The van der Waals surface area contributed by atoms with Gasteiger partial charge in [0, 0.05) is 5.92 Å². The number of rotatable bonds is 6. The van der Waals surface area contributed by atoms with E-state index in [2.05, 4.69) is 10.1 Å². The van der Waals surface area contributed by atoms with Gasteiger partial charge >= 0.3 is 11.9 Å². The molecule has 2 atom stereocenters. The molecule has 0 aliphatic heterocycles. The first-order valence-corrected chi connectivity index (χ1v) is 7.45. The fourth-order valence-electron chi connectivity index (χ4n) is 2.66. The first-order chi connectivity index (χ1) is 9.99. The molecule has 1 saturated carbocycles. The highest BCUT2D eigenvalue weighted by Gasteiger charge is 2.30. The van der Waals surface area contributed by atoms with Gasteiger partial charge in [0.15, 0.2) is 0 Å². The Morgan fingerprint density at radius 1 is 1.05 bits per heavy atom. The number of carbonyl (C=O) groups excluding carboxylic acids is 3. The molecule has 6 nitrogen and oxygen atoms in total. The van der Waals surface area contributed by atoms with E-state index in [9.17, 15) is 14.4 Å². The normalized spacial score (nSPS) is 18.4. The largest absolute Gasteiger partial charge is 0.469 e. The molecule has 1 fully saturated rings. The molecule has 0 saturated heterocycles. The van der Waals surface area contributed by atoms with Gasteiger partial charge in [-0.1, -0.05) is 26.2 Å². The Bertz CT molecular complexity index is 376. The number of ether oxygens (including phenoxy) is 2. The highest BCUT2D eigenvalue weighted by molar-refractivity contribution is 5.86. The summed E-state index contributed by atoms with van der Waals surface area (Å²) in [5, 5.41) is 2.73. The Labute approximate surface area is 125 Å². The Hall–Kier alpha value is -1.59. The van der Waals surface area contributed by atoms with Crippen LogP contribution in [0.3, 0.4) is 0 Å². The van der Waals surface area contributed by atoms with E-state index in [1.54, 1.807) is 6.92 Å². The molecule has 1 rings (SSSR count). The topological polar surface area (TPSA) is 81.7 Å². The fraction of sp³-hybridized carbons (Fsp3) is 0.800. The standard InChI is InChI=1S/C15H25NO5/c1-10(14(18)20-2)9-12(15(19)21-3)16-13(17)11-7-5-4-6-8-11/h10-12H,4-9H2,1-3H3,(H,16,17)/t10-,12+/m1/s1. The summed E-state index contributed by atoms with van der Waals surface area (Å²) in [6, 6.07) is -0.807. The lowest BCUT2D eigenvalue weighted by Gasteiger charge is -2.24. The SMILES string of the molecule is COC(=O)[C@H](C)C[C@H](NC(=O)C1CCCCC1)C(=O)OC. The summed E-state index contributed by atoms with van der Waals surface area (Å²) < 4.78 is 9.35. The molecule has 1 aliphatic rings. The van der Waals surface area contributed by atoms with Crippen molar-refractivity contribution in [3.8, 4) is 0 Å². The van der Waals surface area contributed by atoms with Crippen LogP contribution < -0.4 is 5.32 Å². The molecule has 0 unspecified atom stereocenters. The molecule has 21 heavy (non-hydrogen) atoms. The second-order valence-corrected chi connectivity index (χ2v) is 5.58. The van der Waals surface area contributed by atoms with Crippen LogP contribution in [0.15, 0.2) is 0 Å². The van der Waals surface area contributed by atoms with E-state index in [-0.39, 0.29) is 18.2 Å². The minimum Gasteiger partial charge on any atom is -0.469 e. The van der Waals surface area contributed by atoms with Crippen LogP contribution in [0.2, 0.25) is 0 Å². The van der Waals surface area contributed by atoms with Gasteiger partial charge in [-0.2, -0.15) is 0 Å². The van der Waals surface area contributed by atoms with Crippen molar-refractivity contribution in [3.63, 3.8) is 0 Å². The Morgan fingerprint density at radius 2 is 1.62 bits per heavy atom. The zero-order valence-corrected chi connectivity index (χ0v) is 13.0. The van der Waals surface area contributed by atoms with Crippen LogP contribution in [0.4, 0.5) is 0 Å². The monoisotopic (exact) mass is 299 g/mol. The van der Waals surface area contributed by atoms with Crippen LogP contribution in [0.1, 0.15) is 45.4 Å². The lowest BCUT2D eigenvalue weighted by atomic mass is 9.88. The predicted octanol–water partition coefficient (Wildman–Crippen LogP) is 1.42. The summed E-state index contributed by atoms with van der Waals surface area (Å²) in [7, 11) is 2.57. The summed E-state index contributed by atoms with van der Waals surface area (Å²) in [6.07, 6.45) is 5.12. The van der Waals surface area contributed by atoms with Crippen molar-refractivity contribution in [2.75, 3.05) is 14.2 Å². The van der Waals surface area contributed by atoms with Crippen molar-refractivity contribution < 1.29 is 23.9 Å². The van der Waals surface area contributed by atoms with Crippen LogP contribution >= 0.6 is 0 Å². The molecule has 1 aliphatic carbocycles. The molecule has 0 aromatic carbocycles. The van der Waals surface area contributed by atoms with E-state index in [0.29, 0.717) is 0 Å². The van der Waals surface area contributed by atoms with Crippen LogP contribution in [0.25, 0.3) is 0 Å². The molecular formula is C15H25NO5. The van der Waals surface area contributed by atoms with Crippen molar-refractivity contribution in [2.24, 2.45) is 11.8 Å². The highest BCUT2D eigenvalue weighted by atomic mass is 16.5. The molecule has 0 aromatic heterocycles. The molecule has 120 valence electrons. The number of esters is 2. The van der Waals surface area contributed by atoms with Gasteiger partial charge in [-0.25, -0.2) is 4.79 Å². The van der Waals surface area contributed by atoms with Gasteiger partial charge in [-0.05, 0) is 19.3 Å². The van der Waals surface area contributed by atoms with Crippen LogP contribution in [-0.2, 0) is 23.9 Å². The van der Waals surface area contributed by atoms with Gasteiger partial charge in [0.25, 0.3) is 0 Å². The third-order valence-corrected chi connectivity index (χ3v) is 3.97. The van der Waals surface area contributed by atoms with Gasteiger partial charge in [0.2, 0.25) is 5.91 Å². The zero-order valence-electron chi connectivity index (χ0n) is 13.0. The lowest BCUT2D eigenvalue weighted by Crippen LogP contribution is -2.46. The fourth-order valence-corrected chi connectivity index (χ4v) is 2.66. The predicted molar refractivity (Wildman–Crippen MR) is 76.3 cm³/mol. The van der Waals surface area contributed by atoms with Gasteiger partial charge in [-0.15, -0.1) is 0 Å². The van der Waals surface area contributed by atoms with Gasteiger partial charge in [-0.3, -0.25) is 9.59 Å². The maximum absolute atomic E-state index is 12.2. The number of carbonyl (C=O) groups is 3. The van der Waals surface area contributed by atoms with E-state index in [1.165, 1.54) is 14.2 Å². The average molecular weight is 299 g/mol. The number of methoxy groups -OCH3 is 2. The minimum absolute atomic E-state index is 0.0423. The van der Waals surface area contributed by atoms with Crippen molar-refractivity contribution in [2.45, 2.75) is 51.5 Å². The Morgan fingerprint density at radius 3 is 2.14 bits per heavy atom. The summed E-state index contributed by atoms with van der Waals surface area (Å²) in [5.41, 5.74) is 0. The first kappa shape index (κ1) is 17.5. The van der Waals surface area contributed by atoms with E-state index < -0.39 is 23.9 Å². The van der Waals surface area contributed by atoms with E-state index in [4.69, 9.17) is 4.74 Å². The quantitative estimate of drug-likeness (QED) is 0.750. The Kier molecular flexibility index (Phi) is 7.19. The smallest absolute Gasteiger partial charge is 0.328 e. The molecule has 0 heterocycles. The second kappa shape index (κ2) is 8.64. The molecule has 0 spiro atoms. The van der Waals surface area contributed by atoms with E-state index in [1.807, 2.05) is 0 Å². The summed E-state index contributed by atoms with van der Waals surface area (Å²) in [6.45, 7) is 1.66. The van der Waals surface area contributed by atoms with Crippen LogP contribution in [-0.4, -0.2) is 38.1 Å². The second-order valence-electron chi connectivity index (χ2n) is 5.58. The van der Waals surface area contributed by atoms with Crippen molar-refractivity contribution >= 4 is 17.8 Å². The van der Waals surface area contributed by atoms with Crippen molar-refractivity contribution in [1.82, 2.24) is 5.32 Å². The average Bonchev–Trinajstić information content (AvgIpc) is 2.53. The zero-order chi connectivity index (χ0) is 15.8. The maximum Gasteiger partial charge on any atom is 0.328 e. The lowest BCUT2D eigenvalue weighted by molar-refractivity contribution is -0.149. The highest BCUT2D eigenvalue weighted by Crippen LogP contribution is 2.24. The maximum atomic E-state index is 12.2. The summed E-state index contributed by atoms with van der Waals surface area (Å²) >= 11 is 0. The van der Waals surface area contributed by atoms with Crippen LogP contribution in [0.5, 0.6) is 0 Å². The van der Waals surface area contributed by atoms with Gasteiger partial charge < -0.3 is 14.8 Å². The molecule has 6 heteroatoms. The Balaban J connectivity index is 2.62. The minimum atomic E-state index is -0.807. The number of hydrogen-bond acceptors (Lipinski definition) is 5. The first-order valence-electron chi connectivity index (χ1n) is 7.45. The molecule has 0 bridgehead atoms. The van der Waals surface area contributed by atoms with Crippen molar-refractivity contribution in [1.29, 1.82) is 0 Å². The summed E-state index contributed by atoms with van der Waals surface area (Å²) in [4.78, 5) is 35.5. The van der Waals surface area contributed by atoms with Crippen molar-refractivity contribution in [3.05, 3.63) is 0 Å². The third-order valence-electron chi connectivity index (χ3n) is 3.97. The number of nitrogens with one attached hydrogen (secondary N) is 1. The molecule has 1 N–H and O–H groups in total. The van der Waals surface area contributed by atoms with E-state index >= 15 is 0 Å². The van der Waals surface area contributed by atoms with Gasteiger partial charge in [0.1, 0.15) is 6.04 Å². The van der Waals surface area contributed by atoms with E-state index in [0.717, 1.165) is 32.1 Å². The number of hydrogen-bond donors (Lipinski definition) is 1. The molecule has 1 amide bonds. The molecule has 0 radical (unpaired) electrons. The molecular weight excluding hydrogens is 274 g/mol. The number of amides is 1.